The number of nitrogens with two attached hydrogens (primary N) is 1. The average Bonchev–Trinajstić information content (AvgIpc) is 2.81. The van der Waals surface area contributed by atoms with Gasteiger partial charge in [-0.2, -0.15) is 0 Å². The van der Waals surface area contributed by atoms with Crippen molar-refractivity contribution < 1.29 is 14.3 Å². The molecule has 1 fully saturated rings. The standard InChI is InChI=1S/C17H23N3O3/c1-13(14-6-3-4-7-15(14)23-2)12-16(21)19-8-5-9-20(11-10-19)17(18)22/h3-4,6-7,12H,5,8-11H2,1-2H3,(H2,18,22). The van der Waals surface area contributed by atoms with Crippen LogP contribution in [0.2, 0.25) is 0 Å². The van der Waals surface area contributed by atoms with Gasteiger partial charge in [-0.15, -0.1) is 0 Å². The minimum absolute atomic E-state index is 0.0558. The lowest BCUT2D eigenvalue weighted by molar-refractivity contribution is -0.125. The molecule has 1 aliphatic rings. The molecule has 0 atom stereocenters. The lowest BCUT2D eigenvalue weighted by Gasteiger charge is -2.20. The van der Waals surface area contributed by atoms with E-state index >= 15 is 0 Å². The minimum Gasteiger partial charge on any atom is -0.496 e. The first-order chi connectivity index (χ1) is 11.0. The third kappa shape index (κ3) is 4.25. The molecular formula is C17H23N3O3. The van der Waals surface area contributed by atoms with Gasteiger partial charge >= 0.3 is 6.03 Å². The number of para-hydroxylation sites is 1. The number of allylic oxidation sites excluding steroid dienone is 1. The fourth-order valence-corrected chi connectivity index (χ4v) is 2.68. The number of rotatable bonds is 3. The van der Waals surface area contributed by atoms with Crippen molar-refractivity contribution in [2.75, 3.05) is 33.3 Å². The highest BCUT2D eigenvalue weighted by Crippen LogP contribution is 2.25. The molecular weight excluding hydrogens is 294 g/mol. The number of carbonyl (C=O) groups is 2. The quantitative estimate of drug-likeness (QED) is 0.862. The Hall–Kier alpha value is -2.50. The number of hydrogen-bond donors (Lipinski definition) is 1. The van der Waals surface area contributed by atoms with Crippen molar-refractivity contribution in [1.29, 1.82) is 0 Å². The van der Waals surface area contributed by atoms with Gasteiger partial charge in [0.2, 0.25) is 5.91 Å². The Morgan fingerprint density at radius 3 is 2.48 bits per heavy atom. The van der Waals surface area contributed by atoms with Crippen LogP contribution in [-0.2, 0) is 4.79 Å². The zero-order valence-electron chi connectivity index (χ0n) is 13.6. The normalized spacial score (nSPS) is 16.0. The molecule has 1 saturated heterocycles. The number of amides is 3. The monoisotopic (exact) mass is 317 g/mol. The number of primary amides is 1. The number of methoxy groups -OCH3 is 1. The van der Waals surface area contributed by atoms with Crippen LogP contribution in [0.5, 0.6) is 5.75 Å². The van der Waals surface area contributed by atoms with Gasteiger partial charge in [-0.3, -0.25) is 4.79 Å². The van der Waals surface area contributed by atoms with Gasteiger partial charge in [0.05, 0.1) is 7.11 Å². The molecule has 0 bridgehead atoms. The lowest BCUT2D eigenvalue weighted by Crippen LogP contribution is -2.39. The van der Waals surface area contributed by atoms with E-state index in [1.54, 1.807) is 23.0 Å². The summed E-state index contributed by atoms with van der Waals surface area (Å²) in [5.41, 5.74) is 7.05. The van der Waals surface area contributed by atoms with E-state index in [9.17, 15) is 9.59 Å². The Morgan fingerprint density at radius 2 is 1.78 bits per heavy atom. The zero-order valence-corrected chi connectivity index (χ0v) is 13.6. The predicted octanol–water partition coefficient (Wildman–Crippen LogP) is 1.71. The van der Waals surface area contributed by atoms with Gasteiger partial charge in [-0.25, -0.2) is 4.79 Å². The van der Waals surface area contributed by atoms with Crippen LogP contribution in [0.15, 0.2) is 30.3 Å². The molecule has 0 spiro atoms. The zero-order chi connectivity index (χ0) is 16.8. The van der Waals surface area contributed by atoms with Gasteiger partial charge in [0.25, 0.3) is 0 Å². The second-order valence-corrected chi connectivity index (χ2v) is 5.53. The first-order valence-corrected chi connectivity index (χ1v) is 7.68. The van der Waals surface area contributed by atoms with Gasteiger partial charge in [-0.1, -0.05) is 18.2 Å². The molecule has 1 aromatic rings. The van der Waals surface area contributed by atoms with Gasteiger partial charge in [0.15, 0.2) is 0 Å². The molecule has 1 aliphatic heterocycles. The van der Waals surface area contributed by atoms with Crippen LogP contribution in [0, 0.1) is 0 Å². The second-order valence-electron chi connectivity index (χ2n) is 5.53. The third-order valence-electron chi connectivity index (χ3n) is 3.99. The Labute approximate surface area is 136 Å². The highest BCUT2D eigenvalue weighted by Gasteiger charge is 2.20. The molecule has 2 N–H and O–H groups in total. The Balaban J connectivity index is 2.09. The van der Waals surface area contributed by atoms with E-state index in [-0.39, 0.29) is 5.91 Å². The van der Waals surface area contributed by atoms with Crippen LogP contribution in [0.1, 0.15) is 18.9 Å². The summed E-state index contributed by atoms with van der Waals surface area (Å²) in [5.74, 6) is 0.685. The topological polar surface area (TPSA) is 75.9 Å². The van der Waals surface area contributed by atoms with Crippen LogP contribution < -0.4 is 10.5 Å². The van der Waals surface area contributed by atoms with Crippen LogP contribution in [-0.4, -0.2) is 55.0 Å². The summed E-state index contributed by atoms with van der Waals surface area (Å²) in [7, 11) is 1.61. The number of hydrogen-bond acceptors (Lipinski definition) is 3. The van der Waals surface area contributed by atoms with E-state index in [0.717, 1.165) is 23.3 Å². The number of carbonyl (C=O) groups excluding carboxylic acids is 2. The first kappa shape index (κ1) is 16.9. The molecule has 124 valence electrons. The van der Waals surface area contributed by atoms with Gasteiger partial charge in [-0.05, 0) is 25.0 Å². The Bertz CT molecular complexity index is 613. The van der Waals surface area contributed by atoms with Crippen molar-refractivity contribution in [2.45, 2.75) is 13.3 Å². The SMILES string of the molecule is COc1ccccc1C(C)=CC(=O)N1CCCN(C(N)=O)CC1. The van der Waals surface area contributed by atoms with Gasteiger partial charge < -0.3 is 20.3 Å². The summed E-state index contributed by atoms with van der Waals surface area (Å²) < 4.78 is 5.33. The predicted molar refractivity (Wildman–Crippen MR) is 89.0 cm³/mol. The van der Waals surface area contributed by atoms with Gasteiger partial charge in [0.1, 0.15) is 5.75 Å². The smallest absolute Gasteiger partial charge is 0.314 e. The lowest BCUT2D eigenvalue weighted by atomic mass is 10.1. The molecule has 23 heavy (non-hydrogen) atoms. The fraction of sp³-hybridized carbons (Fsp3) is 0.412. The van der Waals surface area contributed by atoms with E-state index in [1.807, 2.05) is 31.2 Å². The first-order valence-electron chi connectivity index (χ1n) is 7.68. The molecule has 1 aromatic carbocycles. The number of nitrogens with zero attached hydrogens (tertiary/aromatic N) is 2. The maximum Gasteiger partial charge on any atom is 0.314 e. The summed E-state index contributed by atoms with van der Waals surface area (Å²) in [6, 6.07) is 7.17. The Morgan fingerprint density at radius 1 is 1.13 bits per heavy atom. The van der Waals surface area contributed by atoms with E-state index < -0.39 is 6.03 Å². The molecule has 0 aromatic heterocycles. The van der Waals surface area contributed by atoms with Crippen LogP contribution in [0.3, 0.4) is 0 Å². The summed E-state index contributed by atoms with van der Waals surface area (Å²) in [6.07, 6.45) is 2.36. The molecule has 6 nitrogen and oxygen atoms in total. The molecule has 0 saturated carbocycles. The van der Waals surface area contributed by atoms with Crippen LogP contribution >= 0.6 is 0 Å². The van der Waals surface area contributed by atoms with Crippen molar-refractivity contribution in [1.82, 2.24) is 9.80 Å². The maximum atomic E-state index is 12.5. The molecule has 1 heterocycles. The van der Waals surface area contributed by atoms with Crippen molar-refractivity contribution in [3.8, 4) is 5.75 Å². The van der Waals surface area contributed by atoms with E-state index in [2.05, 4.69) is 0 Å². The van der Waals surface area contributed by atoms with Crippen LogP contribution in [0.4, 0.5) is 4.79 Å². The third-order valence-corrected chi connectivity index (χ3v) is 3.99. The summed E-state index contributed by atoms with van der Waals surface area (Å²) in [5, 5.41) is 0. The summed E-state index contributed by atoms with van der Waals surface area (Å²) in [6.45, 7) is 4.08. The minimum atomic E-state index is -0.431. The summed E-state index contributed by atoms with van der Waals surface area (Å²) >= 11 is 0. The second kappa shape index (κ2) is 7.67. The van der Waals surface area contributed by atoms with Crippen molar-refractivity contribution in [3.63, 3.8) is 0 Å². The molecule has 0 radical (unpaired) electrons. The molecule has 6 heteroatoms. The summed E-state index contributed by atoms with van der Waals surface area (Å²) in [4.78, 5) is 27.0. The van der Waals surface area contributed by atoms with E-state index in [0.29, 0.717) is 26.2 Å². The van der Waals surface area contributed by atoms with Crippen molar-refractivity contribution >= 4 is 17.5 Å². The number of benzene rings is 1. The van der Waals surface area contributed by atoms with Crippen molar-refractivity contribution in [2.24, 2.45) is 5.73 Å². The van der Waals surface area contributed by atoms with E-state index in [1.165, 1.54) is 0 Å². The molecule has 0 unspecified atom stereocenters. The largest absolute Gasteiger partial charge is 0.496 e. The molecule has 0 aliphatic carbocycles. The fourth-order valence-electron chi connectivity index (χ4n) is 2.68. The van der Waals surface area contributed by atoms with Gasteiger partial charge in [0, 0.05) is 37.8 Å². The van der Waals surface area contributed by atoms with Crippen LogP contribution in [0.25, 0.3) is 5.57 Å². The van der Waals surface area contributed by atoms with E-state index in [4.69, 9.17) is 10.5 Å². The average molecular weight is 317 g/mol. The molecule has 3 amide bonds. The highest BCUT2D eigenvalue weighted by molar-refractivity contribution is 5.95. The van der Waals surface area contributed by atoms with Crippen molar-refractivity contribution in [3.05, 3.63) is 35.9 Å². The Kier molecular flexibility index (Phi) is 5.62. The molecule has 2 rings (SSSR count). The number of ether oxygens (including phenoxy) is 1. The number of urea groups is 1. The highest BCUT2D eigenvalue weighted by atomic mass is 16.5. The maximum absolute atomic E-state index is 12.5.